The zero-order valence-corrected chi connectivity index (χ0v) is 11.6. The molecule has 94 valence electrons. The number of carbonyl (C=O) groups is 1. The van der Waals surface area contributed by atoms with Crippen LogP contribution in [-0.2, 0) is 6.54 Å². The number of nitrogens with zero attached hydrogens (tertiary/aromatic N) is 1. The van der Waals surface area contributed by atoms with Crippen LogP contribution >= 0.6 is 23.1 Å². The molecule has 1 aliphatic rings. The van der Waals surface area contributed by atoms with E-state index in [4.69, 9.17) is 5.11 Å². The van der Waals surface area contributed by atoms with Crippen LogP contribution in [0.25, 0.3) is 0 Å². The molecule has 1 N–H and O–H groups in total. The second-order valence-electron chi connectivity index (χ2n) is 4.24. The zero-order valence-electron chi connectivity index (χ0n) is 9.94. The largest absolute Gasteiger partial charge is 0.477 e. The molecule has 2 heterocycles. The Hall–Kier alpha value is -0.520. The Morgan fingerprint density at radius 1 is 1.47 bits per heavy atom. The topological polar surface area (TPSA) is 40.5 Å². The fourth-order valence-corrected chi connectivity index (χ4v) is 3.78. The Morgan fingerprint density at radius 3 is 3.00 bits per heavy atom. The highest BCUT2D eigenvalue weighted by Crippen LogP contribution is 2.23. The highest BCUT2D eigenvalue weighted by molar-refractivity contribution is 7.99. The van der Waals surface area contributed by atoms with Crippen LogP contribution < -0.4 is 0 Å². The number of carboxylic acids is 1. The third kappa shape index (κ3) is 3.47. The molecule has 2 rings (SSSR count). The van der Waals surface area contributed by atoms with Gasteiger partial charge < -0.3 is 5.11 Å². The highest BCUT2D eigenvalue weighted by Gasteiger charge is 2.15. The van der Waals surface area contributed by atoms with E-state index in [1.165, 1.54) is 34.8 Å². The van der Waals surface area contributed by atoms with E-state index in [0.717, 1.165) is 24.5 Å². The summed E-state index contributed by atoms with van der Waals surface area (Å²) in [7, 11) is 0. The molecule has 0 radical (unpaired) electrons. The first-order valence-corrected chi connectivity index (χ1v) is 7.76. The molecule has 0 unspecified atom stereocenters. The van der Waals surface area contributed by atoms with E-state index in [0.29, 0.717) is 4.88 Å². The Labute approximate surface area is 110 Å². The van der Waals surface area contributed by atoms with Crippen LogP contribution in [0.15, 0.2) is 6.07 Å². The monoisotopic (exact) mass is 271 g/mol. The molecular formula is C12H17NO2S2. The fraction of sp³-hybridized carbons (Fsp3) is 0.583. The summed E-state index contributed by atoms with van der Waals surface area (Å²) in [5.74, 6) is 1.63. The Balaban J connectivity index is 2.04. The van der Waals surface area contributed by atoms with Crippen LogP contribution in [0.2, 0.25) is 0 Å². The number of aryl methyl sites for hydroxylation is 1. The molecule has 0 bridgehead atoms. The van der Waals surface area contributed by atoms with Crippen LogP contribution in [0.4, 0.5) is 0 Å². The molecule has 0 saturated carbocycles. The van der Waals surface area contributed by atoms with Gasteiger partial charge in [0, 0.05) is 23.7 Å². The normalized spacial score (nSPS) is 17.9. The SMILES string of the molecule is Cc1sc(C(=O)O)cc1CN1CCCSCC1. The van der Waals surface area contributed by atoms with Crippen molar-refractivity contribution in [3.63, 3.8) is 0 Å². The van der Waals surface area contributed by atoms with Crippen LogP contribution in [0.1, 0.15) is 26.5 Å². The molecule has 1 aromatic heterocycles. The van der Waals surface area contributed by atoms with Crippen molar-refractivity contribution in [2.75, 3.05) is 24.6 Å². The Kier molecular flexibility index (Phi) is 4.48. The van der Waals surface area contributed by atoms with Crippen LogP contribution in [0.3, 0.4) is 0 Å². The van der Waals surface area contributed by atoms with Crippen molar-refractivity contribution >= 4 is 29.1 Å². The second kappa shape index (κ2) is 5.89. The van der Waals surface area contributed by atoms with Crippen molar-refractivity contribution in [1.29, 1.82) is 0 Å². The lowest BCUT2D eigenvalue weighted by Crippen LogP contribution is -2.25. The second-order valence-corrected chi connectivity index (χ2v) is 6.72. The minimum absolute atomic E-state index is 0.460. The number of thiophene rings is 1. The molecule has 0 spiro atoms. The summed E-state index contributed by atoms with van der Waals surface area (Å²) in [5, 5.41) is 8.97. The van der Waals surface area contributed by atoms with Gasteiger partial charge in [0.2, 0.25) is 0 Å². The van der Waals surface area contributed by atoms with Gasteiger partial charge in [-0.25, -0.2) is 4.79 Å². The van der Waals surface area contributed by atoms with E-state index in [1.807, 2.05) is 24.8 Å². The van der Waals surface area contributed by atoms with Crippen LogP contribution in [0.5, 0.6) is 0 Å². The average Bonchev–Trinajstić information content (AvgIpc) is 2.52. The summed E-state index contributed by atoms with van der Waals surface area (Å²) >= 11 is 3.40. The lowest BCUT2D eigenvalue weighted by molar-refractivity contribution is 0.0702. The number of hydrogen-bond donors (Lipinski definition) is 1. The van der Waals surface area contributed by atoms with Gasteiger partial charge in [0.15, 0.2) is 0 Å². The minimum atomic E-state index is -0.809. The summed E-state index contributed by atoms with van der Waals surface area (Å²) in [6.07, 6.45) is 1.24. The molecule has 0 aliphatic carbocycles. The predicted octanol–water partition coefficient (Wildman–Crippen LogP) is 2.69. The van der Waals surface area contributed by atoms with Gasteiger partial charge in [0.05, 0.1) is 0 Å². The maximum atomic E-state index is 10.9. The van der Waals surface area contributed by atoms with Crippen molar-refractivity contribution in [1.82, 2.24) is 4.90 Å². The minimum Gasteiger partial charge on any atom is -0.477 e. The van der Waals surface area contributed by atoms with Crippen LogP contribution in [-0.4, -0.2) is 40.6 Å². The standard InChI is InChI=1S/C12H17NO2S2/c1-9-10(7-11(17-9)12(14)15)8-13-3-2-5-16-6-4-13/h7H,2-6,8H2,1H3,(H,14,15). The molecule has 1 aliphatic heterocycles. The van der Waals surface area contributed by atoms with Gasteiger partial charge in [-0.15, -0.1) is 11.3 Å². The van der Waals surface area contributed by atoms with Crippen molar-refractivity contribution < 1.29 is 9.90 Å². The van der Waals surface area contributed by atoms with Gasteiger partial charge in [-0.05, 0) is 37.3 Å². The van der Waals surface area contributed by atoms with Gasteiger partial charge in [-0.1, -0.05) is 0 Å². The number of rotatable bonds is 3. The predicted molar refractivity (Wildman–Crippen MR) is 73.2 cm³/mol. The number of aromatic carboxylic acids is 1. The highest BCUT2D eigenvalue weighted by atomic mass is 32.2. The van der Waals surface area contributed by atoms with Crippen molar-refractivity contribution in [3.05, 3.63) is 21.4 Å². The average molecular weight is 271 g/mol. The molecule has 1 aromatic rings. The van der Waals surface area contributed by atoms with Gasteiger partial charge in [0.1, 0.15) is 4.88 Å². The summed E-state index contributed by atoms with van der Waals surface area (Å²) in [5.41, 5.74) is 1.18. The molecule has 5 heteroatoms. The van der Waals surface area contributed by atoms with E-state index in [-0.39, 0.29) is 0 Å². The summed E-state index contributed by atoms with van der Waals surface area (Å²) in [6.45, 7) is 5.15. The quantitative estimate of drug-likeness (QED) is 0.917. The Morgan fingerprint density at radius 2 is 2.29 bits per heavy atom. The summed E-state index contributed by atoms with van der Waals surface area (Å²) in [6, 6.07) is 1.83. The lowest BCUT2D eigenvalue weighted by Gasteiger charge is -2.19. The van der Waals surface area contributed by atoms with Gasteiger partial charge in [-0.2, -0.15) is 11.8 Å². The molecule has 3 nitrogen and oxygen atoms in total. The number of carboxylic acid groups (broad SMARTS) is 1. The third-order valence-electron chi connectivity index (χ3n) is 2.94. The summed E-state index contributed by atoms with van der Waals surface area (Å²) in [4.78, 5) is 14.9. The van der Waals surface area contributed by atoms with E-state index in [9.17, 15) is 4.79 Å². The van der Waals surface area contributed by atoms with Crippen molar-refractivity contribution in [2.24, 2.45) is 0 Å². The smallest absolute Gasteiger partial charge is 0.345 e. The first-order chi connectivity index (χ1) is 8.16. The number of thioether (sulfide) groups is 1. The summed E-state index contributed by atoms with van der Waals surface area (Å²) < 4.78 is 0. The third-order valence-corrected chi connectivity index (χ3v) is 5.07. The van der Waals surface area contributed by atoms with E-state index >= 15 is 0 Å². The maximum absolute atomic E-state index is 10.9. The van der Waals surface area contributed by atoms with Gasteiger partial charge >= 0.3 is 5.97 Å². The fourth-order valence-electron chi connectivity index (χ4n) is 1.98. The molecule has 1 fully saturated rings. The van der Waals surface area contributed by atoms with Crippen LogP contribution in [0, 0.1) is 6.92 Å². The molecule has 0 amide bonds. The van der Waals surface area contributed by atoms with E-state index in [1.54, 1.807) is 0 Å². The zero-order chi connectivity index (χ0) is 12.3. The van der Waals surface area contributed by atoms with Crippen molar-refractivity contribution in [2.45, 2.75) is 19.9 Å². The van der Waals surface area contributed by atoms with Gasteiger partial charge in [-0.3, -0.25) is 4.90 Å². The molecule has 1 saturated heterocycles. The lowest BCUT2D eigenvalue weighted by atomic mass is 10.2. The number of hydrogen-bond acceptors (Lipinski definition) is 4. The van der Waals surface area contributed by atoms with E-state index < -0.39 is 5.97 Å². The molecular weight excluding hydrogens is 254 g/mol. The van der Waals surface area contributed by atoms with E-state index in [2.05, 4.69) is 4.90 Å². The molecule has 0 aromatic carbocycles. The van der Waals surface area contributed by atoms with Crippen molar-refractivity contribution in [3.8, 4) is 0 Å². The maximum Gasteiger partial charge on any atom is 0.345 e. The van der Waals surface area contributed by atoms with Gasteiger partial charge in [0.25, 0.3) is 0 Å². The molecule has 17 heavy (non-hydrogen) atoms. The first kappa shape index (κ1) is 12.9. The first-order valence-electron chi connectivity index (χ1n) is 5.79. The Bertz CT molecular complexity index is 395. The molecule has 0 atom stereocenters.